The van der Waals surface area contributed by atoms with E-state index in [1.54, 1.807) is 48.5 Å². The minimum absolute atomic E-state index is 0.128. The molecule has 2 aliphatic heterocycles. The Hall–Kier alpha value is -3.74. The lowest BCUT2D eigenvalue weighted by Gasteiger charge is -2.49. The first-order chi connectivity index (χ1) is 18.4. The number of hydrogen-bond donors (Lipinski definition) is 3. The third-order valence-corrected chi connectivity index (χ3v) is 6.81. The number of β-lactam (4-membered cyclic amide) rings is 1. The Morgan fingerprint density at radius 3 is 2.17 bits per heavy atom. The zero-order valence-corrected chi connectivity index (χ0v) is 24.3. The molecule has 0 spiro atoms. The summed E-state index contributed by atoms with van der Waals surface area (Å²) in [5, 5.41) is 13.9. The number of carbonyl (C=O) groups excluding carboxylic acids is 4. The molecular weight excluding hydrogens is 542 g/mol. The average Bonchev–Trinajstić information content (AvgIpc) is 2.82. The molecule has 40 heavy (non-hydrogen) atoms. The van der Waals surface area contributed by atoms with Crippen LogP contribution in [0.4, 0.5) is 4.79 Å². The molecular formula is C27H35N3O9S. The summed E-state index contributed by atoms with van der Waals surface area (Å²) in [5.74, 6) is -2.69. The van der Waals surface area contributed by atoms with Gasteiger partial charge in [0.1, 0.15) is 40.1 Å². The highest BCUT2D eigenvalue weighted by Crippen LogP contribution is 2.41. The second kappa shape index (κ2) is 11.8. The minimum Gasteiger partial charge on any atom is -0.482 e. The topological polar surface area (TPSA) is 161 Å². The molecule has 4 atom stereocenters. The summed E-state index contributed by atoms with van der Waals surface area (Å²) in [7, 11) is 0. The van der Waals surface area contributed by atoms with Crippen molar-refractivity contribution in [2.75, 3.05) is 6.61 Å². The fraction of sp³-hybridized carbons (Fsp3) is 0.519. The highest BCUT2D eigenvalue weighted by atomic mass is 32.2. The lowest BCUT2D eigenvalue weighted by molar-refractivity contribution is -0.157. The van der Waals surface area contributed by atoms with Crippen molar-refractivity contribution in [3.8, 4) is 5.75 Å². The summed E-state index contributed by atoms with van der Waals surface area (Å²) in [6.07, 6.45) is 0.634. The number of thioether (sulfide) groups is 1. The molecule has 0 radical (unpaired) electrons. The van der Waals surface area contributed by atoms with Crippen LogP contribution >= 0.6 is 11.8 Å². The highest BCUT2D eigenvalue weighted by molar-refractivity contribution is 8.00. The molecule has 1 saturated heterocycles. The Balaban J connectivity index is 1.75. The lowest BCUT2D eigenvalue weighted by atomic mass is 10.0. The van der Waals surface area contributed by atoms with Gasteiger partial charge in [-0.1, -0.05) is 12.1 Å². The fourth-order valence-electron chi connectivity index (χ4n) is 3.96. The molecule has 218 valence electrons. The standard InChI is InChI=1S/C27H35N3O9S/c1-14-12-17(24(34)35)30-22(33)20(23(30)40-14)28-21(32)19(29-25(36)39-27(5,6)7)15-8-10-16(11-9-15)37-13-18(31)38-26(2,3)4/h8-12,14,19-20,23H,13H2,1-7H3,(H,28,32)(H,29,36)(H,34,35)/t14?,19?,20?,23-/m0/s1. The molecule has 13 heteroatoms. The first-order valence-electron chi connectivity index (χ1n) is 12.6. The molecule has 0 aliphatic carbocycles. The van der Waals surface area contributed by atoms with Crippen LogP contribution in [0.25, 0.3) is 0 Å². The number of carboxylic acid groups (broad SMARTS) is 1. The second-order valence-corrected chi connectivity index (χ2v) is 12.8. The normalized spacial score (nSPS) is 21.2. The maximum atomic E-state index is 13.4. The van der Waals surface area contributed by atoms with Gasteiger partial charge in [0.2, 0.25) is 5.91 Å². The maximum Gasteiger partial charge on any atom is 0.408 e. The van der Waals surface area contributed by atoms with Gasteiger partial charge >= 0.3 is 18.0 Å². The van der Waals surface area contributed by atoms with E-state index in [0.717, 1.165) is 4.90 Å². The van der Waals surface area contributed by atoms with E-state index in [1.165, 1.54) is 42.1 Å². The van der Waals surface area contributed by atoms with Gasteiger partial charge < -0.3 is 30.0 Å². The molecule has 1 fully saturated rings. The Morgan fingerprint density at radius 1 is 1.02 bits per heavy atom. The molecule has 3 unspecified atom stereocenters. The number of aliphatic carboxylic acids is 1. The highest BCUT2D eigenvalue weighted by Gasteiger charge is 2.54. The van der Waals surface area contributed by atoms with Gasteiger partial charge in [-0.05, 0) is 72.2 Å². The van der Waals surface area contributed by atoms with E-state index in [2.05, 4.69) is 10.6 Å². The second-order valence-electron chi connectivity index (χ2n) is 11.3. The van der Waals surface area contributed by atoms with Crippen LogP contribution in [0.15, 0.2) is 36.0 Å². The largest absolute Gasteiger partial charge is 0.482 e. The molecule has 3 N–H and O–H groups in total. The van der Waals surface area contributed by atoms with Crippen LogP contribution < -0.4 is 15.4 Å². The van der Waals surface area contributed by atoms with Gasteiger partial charge in [0.05, 0.1) is 0 Å². The number of carbonyl (C=O) groups is 5. The van der Waals surface area contributed by atoms with Gasteiger partial charge in [-0.15, -0.1) is 11.8 Å². The minimum atomic E-state index is -1.25. The van der Waals surface area contributed by atoms with Crippen molar-refractivity contribution < 1.29 is 43.3 Å². The molecule has 3 amide bonds. The van der Waals surface area contributed by atoms with Crippen LogP contribution in [0.1, 0.15) is 60.1 Å². The van der Waals surface area contributed by atoms with Crippen LogP contribution in [-0.2, 0) is 28.7 Å². The molecule has 0 saturated carbocycles. The predicted octanol–water partition coefficient (Wildman–Crippen LogP) is 2.73. The average molecular weight is 578 g/mol. The van der Waals surface area contributed by atoms with Gasteiger partial charge in [0.25, 0.3) is 5.91 Å². The van der Waals surface area contributed by atoms with Crippen LogP contribution in [0, 0.1) is 0 Å². The molecule has 1 aromatic carbocycles. The molecule has 0 aromatic heterocycles. The van der Waals surface area contributed by atoms with Gasteiger partial charge in [0.15, 0.2) is 6.61 Å². The lowest BCUT2D eigenvalue weighted by Crippen LogP contribution is -2.71. The third kappa shape index (κ3) is 7.90. The van der Waals surface area contributed by atoms with Crippen molar-refractivity contribution in [2.24, 2.45) is 0 Å². The van der Waals surface area contributed by atoms with E-state index in [1.807, 2.05) is 0 Å². The van der Waals surface area contributed by atoms with Gasteiger partial charge in [-0.3, -0.25) is 14.5 Å². The van der Waals surface area contributed by atoms with E-state index in [4.69, 9.17) is 14.2 Å². The number of alkyl carbamates (subject to hydrolysis) is 1. The molecule has 0 bridgehead atoms. The Kier molecular flexibility index (Phi) is 9.07. The molecule has 2 aliphatic rings. The number of ether oxygens (including phenoxy) is 3. The number of rotatable bonds is 8. The van der Waals surface area contributed by atoms with Crippen molar-refractivity contribution in [2.45, 2.75) is 82.4 Å². The fourth-order valence-corrected chi connectivity index (χ4v) is 5.29. The van der Waals surface area contributed by atoms with Crippen molar-refractivity contribution in [3.63, 3.8) is 0 Å². The van der Waals surface area contributed by atoms with Gasteiger partial charge in [-0.2, -0.15) is 0 Å². The number of hydrogen-bond acceptors (Lipinski definition) is 9. The SMILES string of the molecule is CC1C=C(C(=O)O)N2C(=O)C(NC(=O)C(NC(=O)OC(C)(C)C)c3ccc(OCC(=O)OC(C)(C)C)cc3)[C@@H]2S1. The van der Waals surface area contributed by atoms with E-state index < -0.39 is 58.5 Å². The van der Waals surface area contributed by atoms with Crippen LogP contribution in [-0.4, -0.2) is 74.3 Å². The summed E-state index contributed by atoms with van der Waals surface area (Å²) >= 11 is 1.34. The number of esters is 1. The van der Waals surface area contributed by atoms with Gasteiger partial charge in [0, 0.05) is 5.25 Å². The molecule has 2 heterocycles. The third-order valence-electron chi connectivity index (χ3n) is 5.48. The first-order valence-corrected chi connectivity index (χ1v) is 13.6. The Labute approximate surface area is 236 Å². The summed E-state index contributed by atoms with van der Waals surface area (Å²) < 4.78 is 16.0. The van der Waals surface area contributed by atoms with Crippen LogP contribution in [0.2, 0.25) is 0 Å². The van der Waals surface area contributed by atoms with Crippen molar-refractivity contribution in [1.29, 1.82) is 0 Å². The monoisotopic (exact) mass is 577 g/mol. The Morgan fingerprint density at radius 2 is 1.62 bits per heavy atom. The number of nitrogens with zero attached hydrogens (tertiary/aromatic N) is 1. The van der Waals surface area contributed by atoms with Crippen molar-refractivity contribution in [3.05, 3.63) is 41.6 Å². The smallest absolute Gasteiger partial charge is 0.408 e. The van der Waals surface area contributed by atoms with Crippen molar-refractivity contribution in [1.82, 2.24) is 15.5 Å². The zero-order chi connectivity index (χ0) is 30.0. The van der Waals surface area contributed by atoms with Crippen LogP contribution in [0.5, 0.6) is 5.75 Å². The molecule has 3 rings (SSSR count). The quantitative estimate of drug-likeness (QED) is 0.310. The summed E-state index contributed by atoms with van der Waals surface area (Å²) in [4.78, 5) is 63.5. The van der Waals surface area contributed by atoms with Crippen molar-refractivity contribution >= 4 is 41.6 Å². The number of carboxylic acids is 1. The van der Waals surface area contributed by atoms with Gasteiger partial charge in [-0.25, -0.2) is 14.4 Å². The number of benzene rings is 1. The first kappa shape index (κ1) is 30.8. The maximum absolute atomic E-state index is 13.4. The molecule has 12 nitrogen and oxygen atoms in total. The Bertz CT molecular complexity index is 1200. The van der Waals surface area contributed by atoms with E-state index in [9.17, 15) is 29.1 Å². The zero-order valence-electron chi connectivity index (χ0n) is 23.5. The number of amides is 3. The number of fused-ring (bicyclic) bond motifs is 1. The van der Waals surface area contributed by atoms with Crippen LogP contribution in [0.3, 0.4) is 0 Å². The summed E-state index contributed by atoms with van der Waals surface area (Å²) in [6.45, 7) is 11.7. The summed E-state index contributed by atoms with van der Waals surface area (Å²) in [5.41, 5.74) is -1.26. The van der Waals surface area contributed by atoms with E-state index in [-0.39, 0.29) is 17.6 Å². The van der Waals surface area contributed by atoms with E-state index in [0.29, 0.717) is 11.3 Å². The predicted molar refractivity (Wildman–Crippen MR) is 145 cm³/mol. The van der Waals surface area contributed by atoms with E-state index >= 15 is 0 Å². The molecule has 1 aromatic rings. The summed E-state index contributed by atoms with van der Waals surface area (Å²) in [6, 6.07) is 3.87. The number of nitrogens with one attached hydrogen (secondary N) is 2.